The average Bonchev–Trinajstić information content (AvgIpc) is 3.15. The molecule has 0 unspecified atom stereocenters. The van der Waals surface area contributed by atoms with E-state index in [9.17, 15) is 0 Å². The Morgan fingerprint density at radius 3 is 1.55 bits per heavy atom. The Morgan fingerprint density at radius 1 is 0.383 bits per heavy atom. The lowest BCUT2D eigenvalue weighted by Gasteiger charge is -2.12. The second-order valence-electron chi connectivity index (χ2n) is 11.0. The highest BCUT2D eigenvalue weighted by atomic mass is 15.1. The Balaban J connectivity index is 1.27. The summed E-state index contributed by atoms with van der Waals surface area (Å²) >= 11 is 0. The predicted octanol–water partition coefficient (Wildman–Crippen LogP) is 8.31. The maximum atomic E-state index is 4.95. The summed E-state index contributed by atoms with van der Waals surface area (Å²) in [4.78, 5) is 38.2. The van der Waals surface area contributed by atoms with Crippen molar-refractivity contribution in [3.63, 3.8) is 0 Å². The first kappa shape index (κ1) is 28.0. The molecule has 6 heterocycles. The summed E-state index contributed by atoms with van der Waals surface area (Å²) in [5.41, 5.74) is 9.27. The van der Waals surface area contributed by atoms with Gasteiger partial charge in [0.25, 0.3) is 0 Å². The molecule has 0 saturated carbocycles. The van der Waals surface area contributed by atoms with E-state index in [-0.39, 0.29) is 0 Å². The van der Waals surface area contributed by atoms with Crippen molar-refractivity contribution in [3.05, 3.63) is 145 Å². The molecule has 0 N–H and O–H groups in total. The fourth-order valence-electron chi connectivity index (χ4n) is 5.59. The van der Waals surface area contributed by atoms with E-state index in [2.05, 4.69) is 58.3 Å². The number of rotatable bonds is 6. The summed E-state index contributed by atoms with van der Waals surface area (Å²) in [6.07, 6.45) is 5.34. The molecule has 8 nitrogen and oxygen atoms in total. The van der Waals surface area contributed by atoms with Gasteiger partial charge in [-0.05, 0) is 78.7 Å². The summed E-state index contributed by atoms with van der Waals surface area (Å²) in [5.74, 6) is 1.39. The molecule has 8 aromatic rings. The van der Waals surface area contributed by atoms with E-state index in [1.807, 2.05) is 91.1 Å². The monoisotopic (exact) mass is 606 g/mol. The van der Waals surface area contributed by atoms with E-state index >= 15 is 0 Å². The zero-order chi connectivity index (χ0) is 31.6. The van der Waals surface area contributed by atoms with Crippen molar-refractivity contribution in [2.24, 2.45) is 0 Å². The SMILES string of the molecule is Cc1cc(-c2nc(-c3cccc(-c4ccccn4)n3)nc(-c3cccc(-c4ccccn4)n3)n2)ccc1-c1cccc2cccnc12. The van der Waals surface area contributed by atoms with Crippen LogP contribution in [0.15, 0.2) is 140 Å². The van der Waals surface area contributed by atoms with Crippen LogP contribution in [0.2, 0.25) is 0 Å². The fraction of sp³-hybridized carbons (Fsp3) is 0.0256. The van der Waals surface area contributed by atoms with Gasteiger partial charge in [-0.25, -0.2) is 24.9 Å². The number of aromatic nitrogens is 8. The van der Waals surface area contributed by atoms with E-state index in [1.54, 1.807) is 12.4 Å². The van der Waals surface area contributed by atoms with Gasteiger partial charge in [0.15, 0.2) is 17.5 Å². The van der Waals surface area contributed by atoms with E-state index in [1.165, 1.54) is 0 Å². The van der Waals surface area contributed by atoms with Crippen LogP contribution in [-0.4, -0.2) is 39.9 Å². The minimum atomic E-state index is 0.438. The molecule has 0 aliphatic heterocycles. The van der Waals surface area contributed by atoms with Crippen LogP contribution in [0.4, 0.5) is 0 Å². The van der Waals surface area contributed by atoms with Crippen LogP contribution >= 0.6 is 0 Å². The lowest BCUT2D eigenvalue weighted by molar-refractivity contribution is 1.04. The van der Waals surface area contributed by atoms with Crippen LogP contribution in [0.3, 0.4) is 0 Å². The lowest BCUT2D eigenvalue weighted by Crippen LogP contribution is -2.03. The Kier molecular flexibility index (Phi) is 7.20. The number of para-hydroxylation sites is 1. The lowest BCUT2D eigenvalue weighted by atomic mass is 9.96. The first-order valence-electron chi connectivity index (χ1n) is 15.2. The van der Waals surface area contributed by atoms with Gasteiger partial charge in [-0.3, -0.25) is 15.0 Å². The Labute approximate surface area is 271 Å². The molecule has 8 heteroatoms. The Bertz CT molecular complexity index is 2270. The van der Waals surface area contributed by atoms with Crippen molar-refractivity contribution < 1.29 is 0 Å². The van der Waals surface area contributed by atoms with Gasteiger partial charge in [0.1, 0.15) is 11.4 Å². The summed E-state index contributed by atoms with van der Waals surface area (Å²) in [7, 11) is 0. The maximum absolute atomic E-state index is 4.95. The molecule has 0 bridgehead atoms. The molecule has 0 fully saturated rings. The minimum absolute atomic E-state index is 0.438. The quantitative estimate of drug-likeness (QED) is 0.186. The largest absolute Gasteiger partial charge is 0.256 e. The Hall–Kier alpha value is -6.54. The van der Waals surface area contributed by atoms with Gasteiger partial charge < -0.3 is 0 Å². The van der Waals surface area contributed by atoms with Crippen LogP contribution in [0.5, 0.6) is 0 Å². The highest BCUT2D eigenvalue weighted by Crippen LogP contribution is 2.33. The zero-order valence-electron chi connectivity index (χ0n) is 25.4. The van der Waals surface area contributed by atoms with Gasteiger partial charge in [0.05, 0.1) is 28.3 Å². The van der Waals surface area contributed by atoms with Crippen LogP contribution in [0.25, 0.3) is 79.2 Å². The van der Waals surface area contributed by atoms with Crippen molar-refractivity contribution in [3.8, 4) is 68.3 Å². The number of fused-ring (bicyclic) bond motifs is 1. The third-order valence-corrected chi connectivity index (χ3v) is 7.85. The van der Waals surface area contributed by atoms with Gasteiger partial charge in [-0.2, -0.15) is 0 Å². The van der Waals surface area contributed by atoms with Crippen molar-refractivity contribution in [2.75, 3.05) is 0 Å². The van der Waals surface area contributed by atoms with E-state index in [0.717, 1.165) is 55.9 Å². The topological polar surface area (TPSA) is 103 Å². The fourth-order valence-corrected chi connectivity index (χ4v) is 5.59. The molecule has 6 aromatic heterocycles. The molecule has 0 radical (unpaired) electrons. The number of benzene rings is 2. The summed E-state index contributed by atoms with van der Waals surface area (Å²) in [5, 5.41) is 1.10. The van der Waals surface area contributed by atoms with Gasteiger partial charge in [0, 0.05) is 35.1 Å². The third kappa shape index (κ3) is 5.60. The first-order valence-corrected chi connectivity index (χ1v) is 15.2. The number of aryl methyl sites for hydroxylation is 1. The molecule has 0 amide bonds. The molecule has 0 spiro atoms. The number of pyridine rings is 5. The van der Waals surface area contributed by atoms with E-state index in [4.69, 9.17) is 24.9 Å². The molecular weight excluding hydrogens is 580 g/mol. The van der Waals surface area contributed by atoms with Crippen molar-refractivity contribution in [1.29, 1.82) is 0 Å². The molecular formula is C39H26N8. The second-order valence-corrected chi connectivity index (χ2v) is 11.0. The summed E-state index contributed by atoms with van der Waals surface area (Å²) in [6.45, 7) is 2.10. The van der Waals surface area contributed by atoms with Gasteiger partial charge >= 0.3 is 0 Å². The number of hydrogen-bond acceptors (Lipinski definition) is 8. The normalized spacial score (nSPS) is 11.1. The van der Waals surface area contributed by atoms with Gasteiger partial charge in [-0.15, -0.1) is 0 Å². The van der Waals surface area contributed by atoms with E-state index in [0.29, 0.717) is 28.9 Å². The summed E-state index contributed by atoms with van der Waals surface area (Å²) < 4.78 is 0. The van der Waals surface area contributed by atoms with Crippen molar-refractivity contribution >= 4 is 10.9 Å². The molecule has 222 valence electrons. The molecule has 0 atom stereocenters. The number of hydrogen-bond donors (Lipinski definition) is 0. The van der Waals surface area contributed by atoms with Crippen molar-refractivity contribution in [1.82, 2.24) is 39.9 Å². The molecule has 47 heavy (non-hydrogen) atoms. The van der Waals surface area contributed by atoms with Crippen LogP contribution in [0.1, 0.15) is 5.56 Å². The van der Waals surface area contributed by atoms with Gasteiger partial charge in [0.2, 0.25) is 0 Å². The van der Waals surface area contributed by atoms with Crippen LogP contribution in [0, 0.1) is 6.92 Å². The second kappa shape index (κ2) is 12.1. The molecule has 0 aliphatic carbocycles. The predicted molar refractivity (Wildman–Crippen MR) is 184 cm³/mol. The Morgan fingerprint density at radius 2 is 0.936 bits per heavy atom. The molecule has 2 aromatic carbocycles. The molecule has 0 saturated heterocycles. The third-order valence-electron chi connectivity index (χ3n) is 7.85. The highest BCUT2D eigenvalue weighted by molar-refractivity contribution is 5.94. The maximum Gasteiger partial charge on any atom is 0.182 e. The first-order chi connectivity index (χ1) is 23.2. The van der Waals surface area contributed by atoms with Crippen LogP contribution < -0.4 is 0 Å². The van der Waals surface area contributed by atoms with Crippen LogP contribution in [-0.2, 0) is 0 Å². The van der Waals surface area contributed by atoms with E-state index < -0.39 is 0 Å². The summed E-state index contributed by atoms with van der Waals surface area (Å²) in [6, 6.07) is 39.6. The highest BCUT2D eigenvalue weighted by Gasteiger charge is 2.17. The zero-order valence-corrected chi connectivity index (χ0v) is 25.4. The molecule has 0 aliphatic rings. The van der Waals surface area contributed by atoms with Gasteiger partial charge in [-0.1, -0.05) is 60.7 Å². The minimum Gasteiger partial charge on any atom is -0.256 e. The smallest absolute Gasteiger partial charge is 0.182 e. The van der Waals surface area contributed by atoms with Crippen molar-refractivity contribution in [2.45, 2.75) is 6.92 Å². The standard InChI is InChI=1S/C39H26N8/c1-25-24-27(19-20-28(25)29-12-6-10-26-11-9-23-42-36(26)29)37-45-38(34-17-7-15-32(43-34)30-13-2-4-21-40-30)47-39(46-37)35-18-8-16-33(44-35)31-14-3-5-22-41-31/h2-24H,1H3. The number of nitrogens with zero attached hydrogens (tertiary/aromatic N) is 8. The average molecular weight is 607 g/mol. The molecule has 8 rings (SSSR count).